The standard InChI is InChI=1S/C23H17ClF3NO3S/c24-18-8-6-15(12-17(18)23(25,26)27)28-22(29)21(14-4-2-1-3-5-14)32-16-7-9-19-20(13-16)31-11-10-30-19/h1-9,12-13,21H,10-11H2,(H,28,29)/t21-/m1/s1. The summed E-state index contributed by atoms with van der Waals surface area (Å²) in [4.78, 5) is 13.9. The highest BCUT2D eigenvalue weighted by atomic mass is 35.5. The van der Waals surface area contributed by atoms with Gasteiger partial charge in [0.05, 0.1) is 10.6 Å². The van der Waals surface area contributed by atoms with Crippen molar-refractivity contribution in [2.24, 2.45) is 0 Å². The van der Waals surface area contributed by atoms with Crippen molar-refractivity contribution in [3.8, 4) is 11.5 Å². The minimum absolute atomic E-state index is 0.00966. The van der Waals surface area contributed by atoms with Crippen LogP contribution in [-0.2, 0) is 11.0 Å². The van der Waals surface area contributed by atoms with Crippen LogP contribution in [0, 0.1) is 0 Å². The van der Waals surface area contributed by atoms with Gasteiger partial charge in [-0.3, -0.25) is 4.79 Å². The van der Waals surface area contributed by atoms with E-state index in [-0.39, 0.29) is 5.69 Å². The van der Waals surface area contributed by atoms with Crippen molar-refractivity contribution in [3.05, 3.63) is 82.9 Å². The van der Waals surface area contributed by atoms with Crippen molar-refractivity contribution in [2.45, 2.75) is 16.3 Å². The maximum Gasteiger partial charge on any atom is 0.417 e. The van der Waals surface area contributed by atoms with Gasteiger partial charge in [-0.15, -0.1) is 11.8 Å². The molecule has 166 valence electrons. The monoisotopic (exact) mass is 479 g/mol. The van der Waals surface area contributed by atoms with Gasteiger partial charge in [0.15, 0.2) is 11.5 Å². The Kier molecular flexibility index (Phi) is 6.53. The van der Waals surface area contributed by atoms with E-state index in [1.165, 1.54) is 17.8 Å². The molecule has 1 aliphatic rings. The van der Waals surface area contributed by atoms with Crippen LogP contribution >= 0.6 is 23.4 Å². The Bertz CT molecular complexity index is 1130. The van der Waals surface area contributed by atoms with Crippen LogP contribution < -0.4 is 14.8 Å². The summed E-state index contributed by atoms with van der Waals surface area (Å²) in [5.41, 5.74) is -0.293. The third kappa shape index (κ3) is 5.14. The van der Waals surface area contributed by atoms with Crippen LogP contribution in [-0.4, -0.2) is 19.1 Å². The summed E-state index contributed by atoms with van der Waals surface area (Å²) >= 11 is 6.94. The summed E-state index contributed by atoms with van der Waals surface area (Å²) in [5, 5.41) is 1.44. The Morgan fingerprint density at radius 1 is 0.969 bits per heavy atom. The average Bonchev–Trinajstić information content (AvgIpc) is 2.78. The molecule has 1 heterocycles. The molecule has 0 radical (unpaired) electrons. The summed E-state index contributed by atoms with van der Waals surface area (Å²) in [5.74, 6) is 0.745. The predicted octanol–water partition coefficient (Wildman–Crippen LogP) is 6.60. The number of carbonyl (C=O) groups excluding carboxylic acids is 1. The van der Waals surface area contributed by atoms with E-state index in [0.29, 0.717) is 30.3 Å². The highest BCUT2D eigenvalue weighted by Gasteiger charge is 2.33. The first-order valence-corrected chi connectivity index (χ1v) is 10.9. The molecule has 0 aromatic heterocycles. The molecular weight excluding hydrogens is 463 g/mol. The van der Waals surface area contributed by atoms with Crippen molar-refractivity contribution >= 4 is 35.0 Å². The fourth-order valence-electron chi connectivity index (χ4n) is 3.16. The number of nitrogens with one attached hydrogen (secondary N) is 1. The number of halogens is 4. The second kappa shape index (κ2) is 9.34. The smallest absolute Gasteiger partial charge is 0.417 e. The minimum Gasteiger partial charge on any atom is -0.486 e. The third-order valence-electron chi connectivity index (χ3n) is 4.65. The van der Waals surface area contributed by atoms with E-state index in [1.54, 1.807) is 36.4 Å². The molecule has 4 rings (SSSR count). The number of thioether (sulfide) groups is 1. The molecule has 1 atom stereocenters. The molecule has 0 saturated carbocycles. The fourth-order valence-corrected chi connectivity index (χ4v) is 4.44. The van der Waals surface area contributed by atoms with E-state index in [1.807, 2.05) is 12.1 Å². The van der Waals surface area contributed by atoms with Crippen LogP contribution in [0.4, 0.5) is 18.9 Å². The molecule has 3 aromatic rings. The number of benzene rings is 3. The lowest BCUT2D eigenvalue weighted by Crippen LogP contribution is -2.19. The number of rotatable bonds is 5. The first kappa shape index (κ1) is 22.4. The zero-order valence-electron chi connectivity index (χ0n) is 16.5. The number of hydrogen-bond acceptors (Lipinski definition) is 4. The van der Waals surface area contributed by atoms with Crippen LogP contribution in [0.1, 0.15) is 16.4 Å². The Morgan fingerprint density at radius 2 is 1.69 bits per heavy atom. The zero-order chi connectivity index (χ0) is 22.7. The van der Waals surface area contributed by atoms with Crippen LogP contribution in [0.3, 0.4) is 0 Å². The van der Waals surface area contributed by atoms with Gasteiger partial charge in [-0.25, -0.2) is 0 Å². The van der Waals surface area contributed by atoms with Gasteiger partial charge in [-0.2, -0.15) is 13.2 Å². The molecule has 0 fully saturated rings. The van der Waals surface area contributed by atoms with Crippen molar-refractivity contribution in [2.75, 3.05) is 18.5 Å². The van der Waals surface area contributed by atoms with E-state index in [9.17, 15) is 18.0 Å². The number of fused-ring (bicyclic) bond motifs is 1. The van der Waals surface area contributed by atoms with Gasteiger partial charge in [0.25, 0.3) is 0 Å². The molecule has 0 aliphatic carbocycles. The van der Waals surface area contributed by atoms with E-state index in [2.05, 4.69) is 5.32 Å². The summed E-state index contributed by atoms with van der Waals surface area (Å²) in [6.45, 7) is 0.900. The molecule has 1 amide bonds. The molecule has 1 N–H and O–H groups in total. The van der Waals surface area contributed by atoms with Crippen LogP contribution in [0.5, 0.6) is 11.5 Å². The van der Waals surface area contributed by atoms with Crippen molar-refractivity contribution < 1.29 is 27.4 Å². The number of carbonyl (C=O) groups is 1. The molecule has 4 nitrogen and oxygen atoms in total. The quantitative estimate of drug-likeness (QED) is 0.419. The lowest BCUT2D eigenvalue weighted by molar-refractivity contribution is -0.137. The van der Waals surface area contributed by atoms with Gasteiger partial charge in [-0.05, 0) is 42.0 Å². The number of alkyl halides is 3. The molecular formula is C23H17ClF3NO3S. The average molecular weight is 480 g/mol. The number of ether oxygens (including phenoxy) is 2. The second-order valence-corrected chi connectivity index (χ2v) is 8.48. The number of anilines is 1. The van der Waals surface area contributed by atoms with Crippen molar-refractivity contribution in [3.63, 3.8) is 0 Å². The van der Waals surface area contributed by atoms with Gasteiger partial charge >= 0.3 is 6.18 Å². The predicted molar refractivity (Wildman–Crippen MR) is 118 cm³/mol. The van der Waals surface area contributed by atoms with E-state index in [0.717, 1.165) is 17.0 Å². The second-order valence-electron chi connectivity index (χ2n) is 6.90. The largest absolute Gasteiger partial charge is 0.486 e. The number of amides is 1. The molecule has 32 heavy (non-hydrogen) atoms. The van der Waals surface area contributed by atoms with E-state index in [4.69, 9.17) is 21.1 Å². The summed E-state index contributed by atoms with van der Waals surface area (Å²) < 4.78 is 50.7. The van der Waals surface area contributed by atoms with Gasteiger partial charge in [0, 0.05) is 10.6 Å². The van der Waals surface area contributed by atoms with Crippen molar-refractivity contribution in [1.82, 2.24) is 0 Å². The third-order valence-corrected chi connectivity index (χ3v) is 6.22. The summed E-state index contributed by atoms with van der Waals surface area (Å²) in [7, 11) is 0. The molecule has 0 unspecified atom stereocenters. The summed E-state index contributed by atoms with van der Waals surface area (Å²) in [6, 6.07) is 17.6. The van der Waals surface area contributed by atoms with E-state index >= 15 is 0 Å². The maximum atomic E-state index is 13.2. The highest BCUT2D eigenvalue weighted by molar-refractivity contribution is 8.00. The normalized spacial score (nSPS) is 14.0. The molecule has 1 aliphatic heterocycles. The van der Waals surface area contributed by atoms with Crippen LogP contribution in [0.2, 0.25) is 5.02 Å². The number of hydrogen-bond donors (Lipinski definition) is 1. The molecule has 0 saturated heterocycles. The SMILES string of the molecule is O=C(Nc1ccc(Cl)c(C(F)(F)F)c1)[C@H](Sc1ccc2c(c1)OCCO2)c1ccccc1. The Labute approximate surface area is 191 Å². The van der Waals surface area contributed by atoms with Crippen LogP contribution in [0.25, 0.3) is 0 Å². The van der Waals surface area contributed by atoms with Gasteiger partial charge in [0.1, 0.15) is 18.5 Å². The van der Waals surface area contributed by atoms with Crippen LogP contribution in [0.15, 0.2) is 71.6 Å². The molecule has 0 bridgehead atoms. The molecule has 3 aromatic carbocycles. The lowest BCUT2D eigenvalue weighted by Gasteiger charge is -2.21. The molecule has 0 spiro atoms. The topological polar surface area (TPSA) is 47.6 Å². The van der Waals surface area contributed by atoms with Crippen molar-refractivity contribution in [1.29, 1.82) is 0 Å². The highest BCUT2D eigenvalue weighted by Crippen LogP contribution is 2.41. The van der Waals surface area contributed by atoms with Gasteiger partial charge in [-0.1, -0.05) is 41.9 Å². The van der Waals surface area contributed by atoms with Gasteiger partial charge in [0.2, 0.25) is 5.91 Å². The first-order valence-electron chi connectivity index (χ1n) is 9.60. The first-order chi connectivity index (χ1) is 15.3. The Morgan fingerprint density at radius 3 is 2.41 bits per heavy atom. The maximum absolute atomic E-state index is 13.2. The minimum atomic E-state index is -4.63. The Balaban J connectivity index is 1.61. The Hall–Kier alpha value is -2.84. The van der Waals surface area contributed by atoms with E-state index < -0.39 is 27.9 Å². The molecule has 9 heteroatoms. The zero-order valence-corrected chi connectivity index (χ0v) is 18.1. The fraction of sp³-hybridized carbons (Fsp3) is 0.174. The summed E-state index contributed by atoms with van der Waals surface area (Å²) in [6.07, 6.45) is -4.63. The lowest BCUT2D eigenvalue weighted by atomic mass is 10.1. The van der Waals surface area contributed by atoms with Gasteiger partial charge < -0.3 is 14.8 Å².